The number of nitrogens with zero attached hydrogens (tertiary/aromatic N) is 3. The molecule has 0 saturated carbocycles. The number of nitrogens with two attached hydrogens (primary N) is 1. The van der Waals surface area contributed by atoms with Crippen LogP contribution in [0.3, 0.4) is 0 Å². The molecule has 128 valence electrons. The Hall–Kier alpha value is -2.64. The summed E-state index contributed by atoms with van der Waals surface area (Å²) in [7, 11) is 0. The Bertz CT molecular complexity index is 704. The lowest BCUT2D eigenvalue weighted by atomic mass is 10.2. The van der Waals surface area contributed by atoms with Crippen molar-refractivity contribution < 1.29 is 18.0 Å². The fourth-order valence-electron chi connectivity index (χ4n) is 2.14. The van der Waals surface area contributed by atoms with E-state index in [4.69, 9.17) is 5.73 Å². The molecule has 0 unspecified atom stereocenters. The fourth-order valence-corrected chi connectivity index (χ4v) is 2.14. The van der Waals surface area contributed by atoms with Gasteiger partial charge in [0, 0.05) is 31.1 Å². The summed E-state index contributed by atoms with van der Waals surface area (Å²) in [6, 6.07) is 9.31. The molecule has 0 bridgehead atoms. The number of carbonyl (C=O) groups is 1. The van der Waals surface area contributed by atoms with Crippen LogP contribution >= 0.6 is 0 Å². The second-order valence-corrected chi connectivity index (χ2v) is 5.09. The predicted octanol–water partition coefficient (Wildman–Crippen LogP) is 2.86. The highest BCUT2D eigenvalue weighted by atomic mass is 19.4. The first-order valence-corrected chi connectivity index (χ1v) is 7.36. The number of aromatic nitrogens is 2. The van der Waals surface area contributed by atoms with Gasteiger partial charge in [0.1, 0.15) is 5.82 Å². The lowest BCUT2D eigenvalue weighted by Crippen LogP contribution is -2.29. The third kappa shape index (κ3) is 4.43. The van der Waals surface area contributed by atoms with E-state index in [0.717, 1.165) is 6.07 Å². The summed E-state index contributed by atoms with van der Waals surface area (Å²) in [6.45, 7) is 2.34. The summed E-state index contributed by atoms with van der Waals surface area (Å²) < 4.78 is 39.5. The topological polar surface area (TPSA) is 72.1 Å². The van der Waals surface area contributed by atoms with Crippen LogP contribution in [-0.4, -0.2) is 29.0 Å². The van der Waals surface area contributed by atoms with Crippen LogP contribution in [0.5, 0.6) is 0 Å². The molecule has 5 nitrogen and oxygen atoms in total. The average molecular weight is 338 g/mol. The van der Waals surface area contributed by atoms with Gasteiger partial charge in [0.15, 0.2) is 11.5 Å². The zero-order chi connectivity index (χ0) is 17.7. The van der Waals surface area contributed by atoms with Gasteiger partial charge in [0.25, 0.3) is 0 Å². The van der Waals surface area contributed by atoms with Crippen molar-refractivity contribution in [3.63, 3.8) is 0 Å². The predicted molar refractivity (Wildman–Crippen MR) is 84.2 cm³/mol. The van der Waals surface area contributed by atoms with E-state index in [9.17, 15) is 18.0 Å². The first-order chi connectivity index (χ1) is 11.3. The minimum absolute atomic E-state index is 0.0158. The summed E-state index contributed by atoms with van der Waals surface area (Å²) in [4.78, 5) is 20.4. The van der Waals surface area contributed by atoms with Gasteiger partial charge in [-0.3, -0.25) is 4.79 Å². The largest absolute Gasteiger partial charge is 0.433 e. The minimum Gasteiger partial charge on any atom is -0.370 e. The summed E-state index contributed by atoms with van der Waals surface area (Å²) >= 11 is 0. The fraction of sp³-hybridized carbons (Fsp3) is 0.312. The highest BCUT2D eigenvalue weighted by Crippen LogP contribution is 2.31. The van der Waals surface area contributed by atoms with Crippen LogP contribution in [0.2, 0.25) is 0 Å². The Labute approximate surface area is 137 Å². The van der Waals surface area contributed by atoms with E-state index in [1.807, 2.05) is 0 Å². The lowest BCUT2D eigenvalue weighted by molar-refractivity contribution is -0.141. The summed E-state index contributed by atoms with van der Waals surface area (Å²) in [5.41, 5.74) is 4.57. The number of amides is 1. The molecule has 1 aromatic carbocycles. The number of halogens is 3. The van der Waals surface area contributed by atoms with Crippen LogP contribution in [-0.2, 0) is 11.0 Å². The lowest BCUT2D eigenvalue weighted by Gasteiger charge is -2.22. The number of hydrogen-bond acceptors (Lipinski definition) is 4. The molecule has 0 aliphatic heterocycles. The van der Waals surface area contributed by atoms with E-state index in [1.54, 1.807) is 42.2 Å². The Morgan fingerprint density at radius 2 is 1.88 bits per heavy atom. The summed E-state index contributed by atoms with van der Waals surface area (Å²) in [5, 5.41) is 0. The molecule has 24 heavy (non-hydrogen) atoms. The first kappa shape index (κ1) is 17.7. The summed E-state index contributed by atoms with van der Waals surface area (Å²) in [6.07, 6.45) is -4.57. The van der Waals surface area contributed by atoms with Gasteiger partial charge in [-0.1, -0.05) is 30.3 Å². The van der Waals surface area contributed by atoms with Crippen molar-refractivity contribution in [3.8, 4) is 11.4 Å². The highest BCUT2D eigenvalue weighted by molar-refractivity contribution is 5.74. The molecule has 8 heteroatoms. The van der Waals surface area contributed by atoms with Crippen molar-refractivity contribution in [3.05, 3.63) is 42.1 Å². The molecule has 1 amide bonds. The van der Waals surface area contributed by atoms with Crippen LogP contribution in [0.1, 0.15) is 19.0 Å². The summed E-state index contributed by atoms with van der Waals surface area (Å²) in [5.74, 6) is -0.431. The monoisotopic (exact) mass is 338 g/mol. The van der Waals surface area contributed by atoms with Crippen LogP contribution in [0.25, 0.3) is 11.4 Å². The Kier molecular flexibility index (Phi) is 5.38. The Balaban J connectivity index is 2.48. The van der Waals surface area contributed by atoms with E-state index in [2.05, 4.69) is 9.97 Å². The van der Waals surface area contributed by atoms with Crippen LogP contribution in [0, 0.1) is 0 Å². The highest BCUT2D eigenvalue weighted by Gasteiger charge is 2.34. The van der Waals surface area contributed by atoms with Gasteiger partial charge in [0.2, 0.25) is 5.91 Å². The van der Waals surface area contributed by atoms with Crippen molar-refractivity contribution in [2.45, 2.75) is 19.5 Å². The molecule has 0 atom stereocenters. The molecule has 1 heterocycles. The van der Waals surface area contributed by atoms with Gasteiger partial charge >= 0.3 is 6.18 Å². The van der Waals surface area contributed by atoms with Gasteiger partial charge in [-0.15, -0.1) is 0 Å². The van der Waals surface area contributed by atoms with Crippen molar-refractivity contribution in [2.75, 3.05) is 18.0 Å². The van der Waals surface area contributed by atoms with Crippen LogP contribution < -0.4 is 10.6 Å². The molecule has 0 spiro atoms. The van der Waals surface area contributed by atoms with Crippen molar-refractivity contribution in [1.82, 2.24) is 9.97 Å². The molecule has 2 aromatic rings. The van der Waals surface area contributed by atoms with Gasteiger partial charge in [-0.2, -0.15) is 13.2 Å². The molecule has 2 rings (SSSR count). The second kappa shape index (κ2) is 7.29. The third-order valence-corrected chi connectivity index (χ3v) is 3.37. The van der Waals surface area contributed by atoms with Gasteiger partial charge in [0.05, 0.1) is 0 Å². The SMILES string of the molecule is CCN(CCC(N)=O)c1cc(C(F)(F)F)nc(-c2ccccc2)n1. The number of anilines is 1. The van der Waals surface area contributed by atoms with Crippen molar-refractivity contribution in [1.29, 1.82) is 0 Å². The van der Waals surface area contributed by atoms with E-state index >= 15 is 0 Å². The van der Waals surface area contributed by atoms with Crippen molar-refractivity contribution in [2.24, 2.45) is 5.73 Å². The van der Waals surface area contributed by atoms with Gasteiger partial charge < -0.3 is 10.6 Å². The average Bonchev–Trinajstić information content (AvgIpc) is 2.55. The number of primary amides is 1. The van der Waals surface area contributed by atoms with Crippen molar-refractivity contribution >= 4 is 11.7 Å². The normalized spacial score (nSPS) is 11.3. The molecular weight excluding hydrogens is 321 g/mol. The quantitative estimate of drug-likeness (QED) is 0.879. The molecule has 0 aliphatic rings. The standard InChI is InChI=1S/C16H17F3N4O/c1-2-23(9-8-13(20)24)14-10-12(16(17,18)19)21-15(22-14)11-6-4-3-5-7-11/h3-7,10H,2,8-9H2,1H3,(H2,20,24). The molecule has 0 aliphatic carbocycles. The van der Waals surface area contributed by atoms with E-state index in [1.165, 1.54) is 0 Å². The van der Waals surface area contributed by atoms with Crippen LogP contribution in [0.15, 0.2) is 36.4 Å². The van der Waals surface area contributed by atoms with Crippen LogP contribution in [0.4, 0.5) is 19.0 Å². The second-order valence-electron chi connectivity index (χ2n) is 5.09. The molecule has 0 saturated heterocycles. The molecular formula is C16H17F3N4O. The number of benzene rings is 1. The number of carbonyl (C=O) groups excluding carboxylic acids is 1. The molecule has 2 N–H and O–H groups in total. The maximum atomic E-state index is 13.2. The molecule has 1 aromatic heterocycles. The van der Waals surface area contributed by atoms with Gasteiger partial charge in [-0.05, 0) is 6.92 Å². The maximum Gasteiger partial charge on any atom is 0.433 e. The number of hydrogen-bond donors (Lipinski definition) is 1. The zero-order valence-electron chi connectivity index (χ0n) is 13.0. The zero-order valence-corrected chi connectivity index (χ0v) is 13.0. The number of rotatable bonds is 6. The maximum absolute atomic E-state index is 13.2. The Morgan fingerprint density at radius 3 is 2.42 bits per heavy atom. The third-order valence-electron chi connectivity index (χ3n) is 3.37. The van der Waals surface area contributed by atoms with E-state index < -0.39 is 17.8 Å². The van der Waals surface area contributed by atoms with Gasteiger partial charge in [-0.25, -0.2) is 9.97 Å². The minimum atomic E-state index is -4.59. The molecule has 0 fully saturated rings. The smallest absolute Gasteiger partial charge is 0.370 e. The first-order valence-electron chi connectivity index (χ1n) is 7.36. The number of alkyl halides is 3. The van der Waals surface area contributed by atoms with E-state index in [0.29, 0.717) is 12.1 Å². The Morgan fingerprint density at radius 1 is 1.21 bits per heavy atom. The van der Waals surface area contributed by atoms with E-state index in [-0.39, 0.29) is 24.6 Å². The molecule has 0 radical (unpaired) electrons.